The maximum Gasteiger partial charge on any atom is 0.115 e. The fourth-order valence-corrected chi connectivity index (χ4v) is 5.04. The van der Waals surface area contributed by atoms with Crippen molar-refractivity contribution in [1.29, 1.82) is 0 Å². The van der Waals surface area contributed by atoms with E-state index in [0.29, 0.717) is 5.92 Å². The highest BCUT2D eigenvalue weighted by molar-refractivity contribution is 6.21. The second-order valence-corrected chi connectivity index (χ2v) is 9.67. The molecule has 7 aromatic rings. The van der Waals surface area contributed by atoms with Gasteiger partial charge in [-0.3, -0.25) is 9.97 Å². The van der Waals surface area contributed by atoms with Gasteiger partial charge in [0.05, 0.1) is 28.4 Å². The zero-order valence-corrected chi connectivity index (χ0v) is 20.3. The summed E-state index contributed by atoms with van der Waals surface area (Å²) in [6.45, 7) is 6.25. The molecule has 0 aliphatic heterocycles. The third kappa shape index (κ3) is 3.18. The topological polar surface area (TPSA) is 83.1 Å². The predicted molar refractivity (Wildman–Crippen MR) is 146 cm³/mol. The molecule has 0 radical (unpaired) electrons. The number of aromatic nitrogens is 6. The molecule has 174 valence electrons. The van der Waals surface area contributed by atoms with E-state index in [1.165, 1.54) is 10.8 Å². The average Bonchev–Trinajstić information content (AvgIpc) is 3.55. The Morgan fingerprint density at radius 1 is 0.667 bits per heavy atom. The fraction of sp³-hybridized carbons (Fsp3) is 0.133. The third-order valence-electron chi connectivity index (χ3n) is 6.92. The van der Waals surface area contributed by atoms with E-state index in [2.05, 4.69) is 88.4 Å². The summed E-state index contributed by atoms with van der Waals surface area (Å²) in [5, 5.41) is 4.54. The molecule has 4 aromatic carbocycles. The van der Waals surface area contributed by atoms with Crippen LogP contribution in [0.4, 0.5) is 0 Å². The van der Waals surface area contributed by atoms with Gasteiger partial charge in [-0.15, -0.1) is 0 Å². The monoisotopic (exact) mass is 468 g/mol. The molecule has 0 unspecified atom stereocenters. The van der Waals surface area contributed by atoms with E-state index in [-0.39, 0.29) is 0 Å². The minimum absolute atomic E-state index is 0.300. The van der Waals surface area contributed by atoms with Crippen molar-refractivity contribution in [2.45, 2.75) is 26.7 Å². The summed E-state index contributed by atoms with van der Waals surface area (Å²) in [5.41, 5.74) is 8.13. The lowest BCUT2D eigenvalue weighted by atomic mass is 9.96. The summed E-state index contributed by atoms with van der Waals surface area (Å²) in [5.74, 6) is 2.18. The molecule has 0 saturated heterocycles. The number of nitrogens with one attached hydrogen (secondary N) is 2. The normalized spacial score (nSPS) is 12.0. The van der Waals surface area contributed by atoms with Crippen molar-refractivity contribution in [3.8, 4) is 22.4 Å². The first-order chi connectivity index (χ1) is 17.5. The van der Waals surface area contributed by atoms with E-state index in [4.69, 9.17) is 9.97 Å². The molecule has 0 bridgehead atoms. The predicted octanol–water partition coefficient (Wildman–Crippen LogP) is 7.30. The average molecular weight is 469 g/mol. The highest BCUT2D eigenvalue weighted by Crippen LogP contribution is 2.36. The zero-order valence-electron chi connectivity index (χ0n) is 20.3. The van der Waals surface area contributed by atoms with Gasteiger partial charge in [0.1, 0.15) is 17.2 Å². The Morgan fingerprint density at radius 2 is 1.36 bits per heavy atom. The first kappa shape index (κ1) is 20.8. The summed E-state index contributed by atoms with van der Waals surface area (Å²) in [7, 11) is 0. The van der Waals surface area contributed by atoms with E-state index < -0.39 is 0 Å². The molecule has 36 heavy (non-hydrogen) atoms. The van der Waals surface area contributed by atoms with Crippen LogP contribution in [0, 0.1) is 6.92 Å². The van der Waals surface area contributed by atoms with Crippen LogP contribution in [0.1, 0.15) is 31.4 Å². The van der Waals surface area contributed by atoms with Gasteiger partial charge in [-0.2, -0.15) is 0 Å². The molecule has 3 aromatic heterocycles. The van der Waals surface area contributed by atoms with Gasteiger partial charge in [-0.1, -0.05) is 50.2 Å². The van der Waals surface area contributed by atoms with Gasteiger partial charge < -0.3 is 9.97 Å². The molecule has 0 aliphatic rings. The maximum atomic E-state index is 4.94. The molecule has 0 spiro atoms. The van der Waals surface area contributed by atoms with Gasteiger partial charge in [0.15, 0.2) is 0 Å². The van der Waals surface area contributed by atoms with E-state index >= 15 is 0 Å². The maximum absolute atomic E-state index is 4.94. The largest absolute Gasteiger partial charge is 0.342 e. The minimum Gasteiger partial charge on any atom is -0.342 e. The number of hydrogen-bond donors (Lipinski definition) is 2. The molecule has 0 amide bonds. The van der Waals surface area contributed by atoms with Crippen molar-refractivity contribution in [2.24, 2.45) is 0 Å². The van der Waals surface area contributed by atoms with Crippen LogP contribution >= 0.6 is 0 Å². The van der Waals surface area contributed by atoms with Crippen LogP contribution in [-0.2, 0) is 0 Å². The number of aromatic amines is 2. The van der Waals surface area contributed by atoms with Crippen LogP contribution in [0.3, 0.4) is 0 Å². The lowest BCUT2D eigenvalue weighted by molar-refractivity contribution is 0.799. The number of aryl methyl sites for hydroxylation is 1. The number of rotatable bonds is 3. The molecule has 2 N–H and O–H groups in total. The molecule has 3 heterocycles. The van der Waals surface area contributed by atoms with Gasteiger partial charge in [0.25, 0.3) is 0 Å². The van der Waals surface area contributed by atoms with E-state index in [1.807, 2.05) is 13.1 Å². The molecule has 6 heteroatoms. The minimum atomic E-state index is 0.300. The van der Waals surface area contributed by atoms with Gasteiger partial charge in [0, 0.05) is 34.6 Å². The van der Waals surface area contributed by atoms with Crippen molar-refractivity contribution in [2.75, 3.05) is 0 Å². The lowest BCUT2D eigenvalue weighted by Gasteiger charge is -2.09. The van der Waals surface area contributed by atoms with Gasteiger partial charge in [-0.25, -0.2) is 9.97 Å². The van der Waals surface area contributed by atoms with E-state index in [0.717, 1.165) is 66.9 Å². The number of fused-ring (bicyclic) bond motifs is 7. The smallest absolute Gasteiger partial charge is 0.115 e. The van der Waals surface area contributed by atoms with Crippen molar-refractivity contribution < 1.29 is 0 Å². The molecule has 0 aliphatic carbocycles. The highest BCUT2D eigenvalue weighted by atomic mass is 14.9. The van der Waals surface area contributed by atoms with E-state index in [1.54, 1.807) is 12.4 Å². The van der Waals surface area contributed by atoms with Crippen LogP contribution < -0.4 is 0 Å². The lowest BCUT2D eigenvalue weighted by Crippen LogP contribution is -1.89. The fourth-order valence-electron chi connectivity index (χ4n) is 5.04. The zero-order chi connectivity index (χ0) is 24.4. The summed E-state index contributed by atoms with van der Waals surface area (Å²) in [4.78, 5) is 25.5. The van der Waals surface area contributed by atoms with Crippen molar-refractivity contribution in [3.05, 3.63) is 84.8 Å². The number of imidazole rings is 2. The van der Waals surface area contributed by atoms with Gasteiger partial charge >= 0.3 is 0 Å². The summed E-state index contributed by atoms with van der Waals surface area (Å²) < 4.78 is 0. The molecular formula is C30H24N6. The Balaban J connectivity index is 1.39. The summed E-state index contributed by atoms with van der Waals surface area (Å²) in [6.07, 6.45) is 5.39. The quantitative estimate of drug-likeness (QED) is 0.267. The number of H-pyrrole nitrogens is 2. The highest BCUT2D eigenvalue weighted by Gasteiger charge is 2.16. The third-order valence-corrected chi connectivity index (χ3v) is 6.92. The number of hydrogen-bond acceptors (Lipinski definition) is 4. The van der Waals surface area contributed by atoms with Gasteiger partial charge in [-0.05, 0) is 47.0 Å². The Labute approximate surface area is 207 Å². The first-order valence-electron chi connectivity index (χ1n) is 12.2. The molecule has 7 rings (SSSR count). The van der Waals surface area contributed by atoms with Crippen LogP contribution in [-0.4, -0.2) is 29.9 Å². The second kappa shape index (κ2) is 7.71. The molecule has 0 saturated carbocycles. The standard InChI is InChI=1S/C30H24N6/c1-16(2)30-35-27-23-9-8-21(14-24(23)26-28(29(27)36-30)32-11-10-31-26)19-4-5-20-13-22(7-6-18(20)12-19)25-15-33-17(3)34-25/h4-16H,1-3H3,(H,33,34)(H,35,36). The summed E-state index contributed by atoms with van der Waals surface area (Å²) in [6, 6.07) is 19.7. The molecule has 0 fully saturated rings. The number of benzene rings is 4. The Morgan fingerprint density at radius 3 is 2.11 bits per heavy atom. The Hall–Kier alpha value is -4.58. The van der Waals surface area contributed by atoms with Crippen LogP contribution in [0.15, 0.2) is 73.2 Å². The first-order valence-corrected chi connectivity index (χ1v) is 12.2. The summed E-state index contributed by atoms with van der Waals surface area (Å²) >= 11 is 0. The van der Waals surface area contributed by atoms with Crippen LogP contribution in [0.25, 0.3) is 66.0 Å². The molecular weight excluding hydrogens is 444 g/mol. The Kier molecular flexibility index (Phi) is 4.45. The van der Waals surface area contributed by atoms with Crippen molar-refractivity contribution >= 4 is 43.6 Å². The second-order valence-electron chi connectivity index (χ2n) is 9.67. The Bertz CT molecular complexity index is 1940. The SMILES string of the molecule is Cc1ncc(-c2ccc3cc(-c4ccc5c(c4)c4nccnc4c4[nH]c(C(C)C)nc54)ccc3c2)[nH]1. The molecule has 0 atom stereocenters. The number of nitrogens with zero attached hydrogens (tertiary/aromatic N) is 4. The molecule has 6 nitrogen and oxygen atoms in total. The van der Waals surface area contributed by atoms with Crippen molar-refractivity contribution in [3.63, 3.8) is 0 Å². The van der Waals surface area contributed by atoms with Crippen LogP contribution in [0.2, 0.25) is 0 Å². The van der Waals surface area contributed by atoms with Crippen molar-refractivity contribution in [1.82, 2.24) is 29.9 Å². The van der Waals surface area contributed by atoms with E-state index in [9.17, 15) is 0 Å². The van der Waals surface area contributed by atoms with Gasteiger partial charge in [0.2, 0.25) is 0 Å². The van der Waals surface area contributed by atoms with Crippen LogP contribution in [0.5, 0.6) is 0 Å².